The highest BCUT2D eigenvalue weighted by molar-refractivity contribution is 7.90. The highest BCUT2D eigenvalue weighted by Gasteiger charge is 2.44. The molecule has 0 unspecified atom stereocenters. The van der Waals surface area contributed by atoms with Crippen molar-refractivity contribution in [3.63, 3.8) is 0 Å². The summed E-state index contributed by atoms with van der Waals surface area (Å²) in [5, 5.41) is -0.141. The molecule has 0 aromatic rings. The molecule has 2 aliphatic heterocycles. The average molecular weight is 316 g/mol. The number of ether oxygens (including phenoxy) is 1. The second kappa shape index (κ2) is 5.80. The fourth-order valence-electron chi connectivity index (χ4n) is 3.59. The van der Waals surface area contributed by atoms with Crippen molar-refractivity contribution in [1.29, 1.82) is 0 Å². The molecule has 3 fully saturated rings. The molecule has 2 saturated heterocycles. The Kier molecular flexibility index (Phi) is 4.34. The molecule has 2 heterocycles. The summed E-state index contributed by atoms with van der Waals surface area (Å²) in [7, 11) is -3.09. The molecule has 1 saturated carbocycles. The Balaban J connectivity index is 1.54. The second-order valence-corrected chi connectivity index (χ2v) is 9.27. The molecule has 0 aromatic heterocycles. The first-order valence-corrected chi connectivity index (χ1v) is 9.85. The van der Waals surface area contributed by atoms with Crippen LogP contribution >= 0.6 is 0 Å². The van der Waals surface area contributed by atoms with E-state index >= 15 is 0 Å². The van der Waals surface area contributed by atoms with E-state index in [0.717, 1.165) is 51.6 Å². The number of rotatable bonds is 5. The summed E-state index contributed by atoms with van der Waals surface area (Å²) in [4.78, 5) is 2.47. The van der Waals surface area contributed by atoms with Gasteiger partial charge in [-0.1, -0.05) is 0 Å². The predicted octanol–water partition coefficient (Wildman–Crippen LogP) is 1.49. The van der Waals surface area contributed by atoms with Gasteiger partial charge in [0.25, 0.3) is 0 Å². The largest absolute Gasteiger partial charge is 0.369 e. The zero-order chi connectivity index (χ0) is 15.1. The molecular weight excluding hydrogens is 288 g/mol. The van der Waals surface area contributed by atoms with E-state index in [4.69, 9.17) is 4.74 Å². The Hall–Kier alpha value is -0.170. The lowest BCUT2D eigenvalue weighted by Crippen LogP contribution is -2.47. The van der Waals surface area contributed by atoms with Crippen LogP contribution in [0.3, 0.4) is 0 Å². The van der Waals surface area contributed by atoms with E-state index in [1.165, 1.54) is 0 Å². The van der Waals surface area contributed by atoms with Crippen LogP contribution in [-0.2, 0) is 14.8 Å². The zero-order valence-corrected chi connectivity index (χ0v) is 14.0. The zero-order valence-electron chi connectivity index (χ0n) is 13.2. The number of hydrogen-bond donors (Lipinski definition) is 1. The molecule has 6 heteroatoms. The molecule has 2 atom stereocenters. The van der Waals surface area contributed by atoms with Crippen LogP contribution in [0.1, 0.15) is 52.4 Å². The van der Waals surface area contributed by atoms with E-state index in [9.17, 15) is 8.42 Å². The van der Waals surface area contributed by atoms with Crippen molar-refractivity contribution in [2.24, 2.45) is 0 Å². The van der Waals surface area contributed by atoms with Crippen LogP contribution in [-0.4, -0.2) is 55.9 Å². The molecule has 1 N–H and O–H groups in total. The fraction of sp³-hybridized carbons (Fsp3) is 1.00. The SMILES string of the molecule is CC(C)N1CC[C@]2(CCC[C@@H](CNS(=O)(=O)C3CC3)O2)C1. The van der Waals surface area contributed by atoms with Gasteiger partial charge < -0.3 is 4.74 Å². The summed E-state index contributed by atoms with van der Waals surface area (Å²) in [6.45, 7) is 6.99. The van der Waals surface area contributed by atoms with Gasteiger partial charge in [-0.05, 0) is 52.4 Å². The monoisotopic (exact) mass is 316 g/mol. The molecule has 5 nitrogen and oxygen atoms in total. The van der Waals surface area contributed by atoms with E-state index in [2.05, 4.69) is 23.5 Å². The Morgan fingerprint density at radius 3 is 2.67 bits per heavy atom. The molecule has 21 heavy (non-hydrogen) atoms. The molecule has 0 amide bonds. The lowest BCUT2D eigenvalue weighted by Gasteiger charge is -2.39. The van der Waals surface area contributed by atoms with Crippen molar-refractivity contribution < 1.29 is 13.2 Å². The van der Waals surface area contributed by atoms with Gasteiger partial charge in [0.05, 0.1) is 17.0 Å². The number of likely N-dealkylation sites (tertiary alicyclic amines) is 1. The van der Waals surface area contributed by atoms with Crippen molar-refractivity contribution in [3.8, 4) is 0 Å². The third-order valence-electron chi connectivity index (χ3n) is 5.13. The summed E-state index contributed by atoms with van der Waals surface area (Å²) in [5.41, 5.74) is -0.0296. The Bertz CT molecular complexity index is 475. The molecular formula is C15H28N2O3S. The summed E-state index contributed by atoms with van der Waals surface area (Å²) in [6, 6.07) is 0.557. The standard InChI is InChI=1S/C15H28N2O3S/c1-12(2)17-9-8-15(11-17)7-3-4-13(20-15)10-16-21(18,19)14-5-6-14/h12-14,16H,3-11H2,1-2H3/t13-,15+/m0/s1. The predicted molar refractivity (Wildman–Crippen MR) is 82.7 cm³/mol. The van der Waals surface area contributed by atoms with E-state index in [0.29, 0.717) is 12.6 Å². The Morgan fingerprint density at radius 1 is 1.29 bits per heavy atom. The van der Waals surface area contributed by atoms with E-state index < -0.39 is 10.0 Å². The Morgan fingerprint density at radius 2 is 2.05 bits per heavy atom. The molecule has 3 aliphatic rings. The number of hydrogen-bond acceptors (Lipinski definition) is 4. The van der Waals surface area contributed by atoms with Gasteiger partial charge in [0.15, 0.2) is 0 Å². The van der Waals surface area contributed by atoms with Crippen molar-refractivity contribution in [2.45, 2.75) is 75.4 Å². The number of sulfonamides is 1. The number of nitrogens with zero attached hydrogens (tertiary/aromatic N) is 1. The maximum absolute atomic E-state index is 11.9. The van der Waals surface area contributed by atoms with Gasteiger partial charge in [-0.2, -0.15) is 0 Å². The summed E-state index contributed by atoms with van der Waals surface area (Å²) >= 11 is 0. The van der Waals surface area contributed by atoms with Crippen LogP contribution in [0.2, 0.25) is 0 Å². The highest BCUT2D eigenvalue weighted by Crippen LogP contribution is 2.37. The number of nitrogens with one attached hydrogen (secondary N) is 1. The van der Waals surface area contributed by atoms with Gasteiger partial charge in [0.2, 0.25) is 10.0 Å². The van der Waals surface area contributed by atoms with Gasteiger partial charge >= 0.3 is 0 Å². The minimum atomic E-state index is -3.09. The molecule has 3 rings (SSSR count). The van der Waals surface area contributed by atoms with Gasteiger partial charge in [-0.15, -0.1) is 0 Å². The summed E-state index contributed by atoms with van der Waals surface area (Å²) in [6.07, 6.45) is 5.97. The average Bonchev–Trinajstić information content (AvgIpc) is 3.22. The Labute approximate surface area is 128 Å². The normalized spacial score (nSPS) is 34.9. The van der Waals surface area contributed by atoms with E-state index in [1.54, 1.807) is 0 Å². The van der Waals surface area contributed by atoms with E-state index in [-0.39, 0.29) is 17.0 Å². The molecule has 0 bridgehead atoms. The molecule has 122 valence electrons. The molecule has 0 radical (unpaired) electrons. The maximum atomic E-state index is 11.9. The first-order valence-electron chi connectivity index (χ1n) is 8.31. The summed E-state index contributed by atoms with van der Waals surface area (Å²) in [5.74, 6) is 0. The van der Waals surface area contributed by atoms with Crippen LogP contribution in [0.15, 0.2) is 0 Å². The minimum absolute atomic E-state index is 0.0296. The van der Waals surface area contributed by atoms with Crippen LogP contribution < -0.4 is 4.72 Å². The van der Waals surface area contributed by atoms with Gasteiger partial charge in [0, 0.05) is 25.7 Å². The lowest BCUT2D eigenvalue weighted by atomic mass is 9.90. The lowest BCUT2D eigenvalue weighted by molar-refractivity contribution is -0.118. The molecule has 0 aromatic carbocycles. The van der Waals surface area contributed by atoms with E-state index in [1.807, 2.05) is 0 Å². The minimum Gasteiger partial charge on any atom is -0.369 e. The van der Waals surface area contributed by atoms with Crippen LogP contribution in [0.4, 0.5) is 0 Å². The third-order valence-corrected chi connectivity index (χ3v) is 7.04. The summed E-state index contributed by atoms with van der Waals surface area (Å²) < 4.78 is 32.9. The highest BCUT2D eigenvalue weighted by atomic mass is 32.2. The van der Waals surface area contributed by atoms with Crippen LogP contribution in [0.5, 0.6) is 0 Å². The smallest absolute Gasteiger partial charge is 0.214 e. The fourth-order valence-corrected chi connectivity index (χ4v) is 5.00. The maximum Gasteiger partial charge on any atom is 0.214 e. The van der Waals surface area contributed by atoms with Crippen molar-refractivity contribution in [3.05, 3.63) is 0 Å². The molecule has 1 aliphatic carbocycles. The first-order chi connectivity index (χ1) is 9.90. The topological polar surface area (TPSA) is 58.6 Å². The molecule has 1 spiro atoms. The van der Waals surface area contributed by atoms with Gasteiger partial charge in [0.1, 0.15) is 0 Å². The van der Waals surface area contributed by atoms with Crippen molar-refractivity contribution in [1.82, 2.24) is 9.62 Å². The van der Waals surface area contributed by atoms with Crippen LogP contribution in [0.25, 0.3) is 0 Å². The van der Waals surface area contributed by atoms with Gasteiger partial charge in [-0.25, -0.2) is 13.1 Å². The first kappa shape index (κ1) is 15.7. The third kappa shape index (κ3) is 3.60. The van der Waals surface area contributed by atoms with Crippen LogP contribution in [0, 0.1) is 0 Å². The second-order valence-electron chi connectivity index (χ2n) is 7.22. The van der Waals surface area contributed by atoms with Crippen molar-refractivity contribution in [2.75, 3.05) is 19.6 Å². The quantitative estimate of drug-likeness (QED) is 0.835. The van der Waals surface area contributed by atoms with Crippen molar-refractivity contribution >= 4 is 10.0 Å². The van der Waals surface area contributed by atoms with Gasteiger partial charge in [-0.3, -0.25) is 4.90 Å².